The number of nitrogens with one attached hydrogen (secondary N) is 1. The van der Waals surface area contributed by atoms with Crippen LogP contribution in [0.1, 0.15) is 30.1 Å². The van der Waals surface area contributed by atoms with E-state index in [1.165, 1.54) is 6.20 Å². The van der Waals surface area contributed by atoms with Crippen molar-refractivity contribution in [3.05, 3.63) is 11.8 Å². The lowest BCUT2D eigenvalue weighted by Gasteiger charge is -2.16. The van der Waals surface area contributed by atoms with Gasteiger partial charge in [0.25, 0.3) is 0 Å². The molecule has 0 radical (unpaired) electrons. The maximum atomic E-state index is 11.7. The first kappa shape index (κ1) is 12.6. The van der Waals surface area contributed by atoms with Crippen LogP contribution < -0.4 is 10.2 Å². The average Bonchev–Trinajstić information content (AvgIpc) is 2.92. The Morgan fingerprint density at radius 3 is 2.83 bits per heavy atom. The summed E-state index contributed by atoms with van der Waals surface area (Å²) in [6.45, 7) is 4.07. The summed E-state index contributed by atoms with van der Waals surface area (Å²) in [5, 5.41) is 2.92. The number of carbonyl (C=O) groups excluding carboxylic acids is 1. The Morgan fingerprint density at radius 1 is 1.50 bits per heavy atom. The first-order valence-corrected chi connectivity index (χ1v) is 6.23. The molecule has 1 saturated heterocycles. The van der Waals surface area contributed by atoms with Gasteiger partial charge < -0.3 is 15.0 Å². The minimum absolute atomic E-state index is 0.343. The van der Waals surface area contributed by atoms with E-state index in [4.69, 9.17) is 4.74 Å². The van der Waals surface area contributed by atoms with Crippen molar-refractivity contribution in [3.63, 3.8) is 0 Å². The van der Waals surface area contributed by atoms with Crippen molar-refractivity contribution in [2.24, 2.45) is 0 Å². The van der Waals surface area contributed by atoms with E-state index in [0.29, 0.717) is 23.9 Å². The first-order valence-electron chi connectivity index (χ1n) is 6.23. The lowest BCUT2D eigenvalue weighted by molar-refractivity contribution is 0.0526. The number of hydrogen-bond donors (Lipinski definition) is 1. The van der Waals surface area contributed by atoms with Crippen molar-refractivity contribution in [1.29, 1.82) is 0 Å². The van der Waals surface area contributed by atoms with Crippen LogP contribution in [-0.2, 0) is 4.74 Å². The molecule has 18 heavy (non-hydrogen) atoms. The second-order valence-electron chi connectivity index (χ2n) is 4.10. The van der Waals surface area contributed by atoms with Crippen LogP contribution >= 0.6 is 0 Å². The molecule has 0 saturated carbocycles. The van der Waals surface area contributed by atoms with Crippen LogP contribution in [0.4, 0.5) is 11.8 Å². The van der Waals surface area contributed by atoms with Crippen LogP contribution in [0.5, 0.6) is 0 Å². The first-order chi connectivity index (χ1) is 8.76. The zero-order valence-electron chi connectivity index (χ0n) is 10.8. The fourth-order valence-electron chi connectivity index (χ4n) is 1.99. The van der Waals surface area contributed by atoms with Crippen LogP contribution in [0.15, 0.2) is 6.20 Å². The maximum absolute atomic E-state index is 11.7. The molecule has 0 unspecified atom stereocenters. The molecule has 0 atom stereocenters. The molecule has 1 N–H and O–H groups in total. The van der Waals surface area contributed by atoms with Gasteiger partial charge in [0.05, 0.1) is 6.61 Å². The molecule has 1 aromatic rings. The average molecular weight is 250 g/mol. The predicted molar refractivity (Wildman–Crippen MR) is 69.0 cm³/mol. The number of aromatic nitrogens is 2. The monoisotopic (exact) mass is 250 g/mol. The Balaban J connectivity index is 2.24. The van der Waals surface area contributed by atoms with Crippen molar-refractivity contribution in [1.82, 2.24) is 9.97 Å². The van der Waals surface area contributed by atoms with Gasteiger partial charge in [-0.1, -0.05) is 0 Å². The summed E-state index contributed by atoms with van der Waals surface area (Å²) in [5.74, 6) is 0.796. The highest BCUT2D eigenvalue weighted by atomic mass is 16.5. The van der Waals surface area contributed by atoms with Crippen molar-refractivity contribution in [2.45, 2.75) is 19.8 Å². The number of nitrogens with zero attached hydrogens (tertiary/aromatic N) is 3. The zero-order valence-corrected chi connectivity index (χ0v) is 10.8. The van der Waals surface area contributed by atoms with Crippen molar-refractivity contribution >= 4 is 17.7 Å². The minimum atomic E-state index is -0.394. The molecule has 1 aliphatic rings. The van der Waals surface area contributed by atoms with Crippen LogP contribution in [-0.4, -0.2) is 42.7 Å². The van der Waals surface area contributed by atoms with Crippen LogP contribution in [0.3, 0.4) is 0 Å². The molecule has 2 heterocycles. The van der Waals surface area contributed by atoms with Gasteiger partial charge in [0, 0.05) is 26.3 Å². The van der Waals surface area contributed by atoms with Gasteiger partial charge in [-0.05, 0) is 19.8 Å². The standard InChI is InChI=1S/C12H18N4O2/c1-3-18-11(17)9-8-14-12(15-10(9)13-2)16-6-4-5-7-16/h8H,3-7H2,1-2H3,(H,13,14,15). The second-order valence-corrected chi connectivity index (χ2v) is 4.10. The number of anilines is 2. The third kappa shape index (κ3) is 2.52. The minimum Gasteiger partial charge on any atom is -0.462 e. The van der Waals surface area contributed by atoms with Crippen molar-refractivity contribution < 1.29 is 9.53 Å². The van der Waals surface area contributed by atoms with Gasteiger partial charge in [-0.25, -0.2) is 9.78 Å². The molecule has 0 spiro atoms. The van der Waals surface area contributed by atoms with E-state index in [1.807, 2.05) is 0 Å². The number of rotatable bonds is 4. The molecule has 0 aromatic carbocycles. The van der Waals surface area contributed by atoms with Gasteiger partial charge in [0.2, 0.25) is 5.95 Å². The Labute approximate surface area is 106 Å². The number of hydrogen-bond acceptors (Lipinski definition) is 6. The van der Waals surface area contributed by atoms with Gasteiger partial charge in [-0.15, -0.1) is 0 Å². The van der Waals surface area contributed by atoms with Gasteiger partial charge in [0.15, 0.2) is 0 Å². The molecule has 0 aliphatic carbocycles. The van der Waals surface area contributed by atoms with Crippen LogP contribution in [0.2, 0.25) is 0 Å². The normalized spacial score (nSPS) is 14.7. The molecular formula is C12H18N4O2. The highest BCUT2D eigenvalue weighted by Crippen LogP contribution is 2.20. The highest BCUT2D eigenvalue weighted by molar-refractivity contribution is 5.94. The summed E-state index contributed by atoms with van der Waals surface area (Å²) in [4.78, 5) is 22.4. The quantitative estimate of drug-likeness (QED) is 0.812. The summed E-state index contributed by atoms with van der Waals surface area (Å²) in [7, 11) is 1.73. The molecule has 98 valence electrons. The molecule has 6 nitrogen and oxygen atoms in total. The Kier molecular flexibility index (Phi) is 3.96. The Hall–Kier alpha value is -1.85. The fraction of sp³-hybridized carbons (Fsp3) is 0.583. The fourth-order valence-corrected chi connectivity index (χ4v) is 1.99. The maximum Gasteiger partial charge on any atom is 0.343 e. The third-order valence-electron chi connectivity index (χ3n) is 2.90. The van der Waals surface area contributed by atoms with Crippen LogP contribution in [0.25, 0.3) is 0 Å². The molecule has 1 aliphatic heterocycles. The van der Waals surface area contributed by atoms with E-state index in [-0.39, 0.29) is 0 Å². The van der Waals surface area contributed by atoms with Crippen molar-refractivity contribution in [2.75, 3.05) is 37.0 Å². The van der Waals surface area contributed by atoms with E-state index in [2.05, 4.69) is 20.2 Å². The topological polar surface area (TPSA) is 67.3 Å². The van der Waals surface area contributed by atoms with E-state index >= 15 is 0 Å². The smallest absolute Gasteiger partial charge is 0.343 e. The van der Waals surface area contributed by atoms with E-state index in [1.54, 1.807) is 14.0 Å². The third-order valence-corrected chi connectivity index (χ3v) is 2.90. The lowest BCUT2D eigenvalue weighted by atomic mass is 10.3. The molecular weight excluding hydrogens is 232 g/mol. The summed E-state index contributed by atoms with van der Waals surface area (Å²) in [6, 6.07) is 0. The van der Waals surface area contributed by atoms with E-state index in [0.717, 1.165) is 25.9 Å². The SMILES string of the molecule is CCOC(=O)c1cnc(N2CCCC2)nc1NC. The lowest BCUT2D eigenvalue weighted by Crippen LogP contribution is -2.22. The predicted octanol–water partition coefficient (Wildman–Crippen LogP) is 1.30. The summed E-state index contributed by atoms with van der Waals surface area (Å²) < 4.78 is 4.96. The number of esters is 1. The Morgan fingerprint density at radius 2 is 2.22 bits per heavy atom. The second kappa shape index (κ2) is 5.66. The van der Waals surface area contributed by atoms with Gasteiger partial charge in [-0.3, -0.25) is 0 Å². The summed E-state index contributed by atoms with van der Waals surface area (Å²) >= 11 is 0. The molecule has 1 fully saturated rings. The number of ether oxygens (including phenoxy) is 1. The summed E-state index contributed by atoms with van der Waals surface area (Å²) in [6.07, 6.45) is 3.86. The van der Waals surface area contributed by atoms with E-state index < -0.39 is 5.97 Å². The van der Waals surface area contributed by atoms with Crippen LogP contribution in [0, 0.1) is 0 Å². The van der Waals surface area contributed by atoms with Gasteiger partial charge in [0.1, 0.15) is 11.4 Å². The molecule has 1 aromatic heterocycles. The largest absolute Gasteiger partial charge is 0.462 e. The zero-order chi connectivity index (χ0) is 13.0. The number of carbonyl (C=O) groups is 1. The van der Waals surface area contributed by atoms with E-state index in [9.17, 15) is 4.79 Å². The Bertz CT molecular complexity index is 430. The molecule has 2 rings (SSSR count). The molecule has 0 amide bonds. The molecule has 6 heteroatoms. The summed E-state index contributed by atoms with van der Waals surface area (Å²) in [5.41, 5.74) is 0.377. The van der Waals surface area contributed by atoms with Gasteiger partial charge in [-0.2, -0.15) is 4.98 Å². The van der Waals surface area contributed by atoms with Gasteiger partial charge >= 0.3 is 5.97 Å². The van der Waals surface area contributed by atoms with Crippen molar-refractivity contribution in [3.8, 4) is 0 Å². The molecule has 0 bridgehead atoms. The highest BCUT2D eigenvalue weighted by Gasteiger charge is 2.19.